The Hall–Kier alpha value is -1.00. The minimum atomic E-state index is 0.140. The van der Waals surface area contributed by atoms with Crippen LogP contribution in [0.2, 0.25) is 0 Å². The molecule has 114 valence electrons. The summed E-state index contributed by atoms with van der Waals surface area (Å²) < 4.78 is 0. The molecule has 2 saturated heterocycles. The molecule has 3 nitrogen and oxygen atoms in total. The van der Waals surface area contributed by atoms with E-state index in [0.717, 1.165) is 24.7 Å². The molecular weight excluding hydrogens is 280 g/mol. The number of carbonyl (C=O) groups is 1. The molecule has 0 aliphatic carbocycles. The Morgan fingerprint density at radius 1 is 1.05 bits per heavy atom. The highest BCUT2D eigenvalue weighted by Gasteiger charge is 2.25. The molecule has 0 N–H and O–H groups in total. The smallest absolute Gasteiger partial charge is 0.159 e. The summed E-state index contributed by atoms with van der Waals surface area (Å²) in [6, 6.07) is 8.88. The van der Waals surface area contributed by atoms with Crippen LogP contribution >= 0.6 is 11.8 Å². The van der Waals surface area contributed by atoms with Gasteiger partial charge in [-0.2, -0.15) is 11.8 Å². The lowest BCUT2D eigenvalue weighted by Gasteiger charge is -2.41. The lowest BCUT2D eigenvalue weighted by atomic mass is 10.1. The number of benzene rings is 1. The first-order valence-corrected chi connectivity index (χ1v) is 9.07. The van der Waals surface area contributed by atoms with Gasteiger partial charge in [0.2, 0.25) is 0 Å². The molecule has 1 aromatic rings. The van der Waals surface area contributed by atoms with E-state index in [1.54, 1.807) is 6.92 Å². The molecule has 1 aromatic carbocycles. The summed E-state index contributed by atoms with van der Waals surface area (Å²) >= 11 is 2.10. The van der Waals surface area contributed by atoms with Gasteiger partial charge in [-0.25, -0.2) is 0 Å². The maximum Gasteiger partial charge on any atom is 0.159 e. The molecule has 2 heterocycles. The number of hydrogen-bond acceptors (Lipinski definition) is 4. The molecular formula is C17H24N2OS. The topological polar surface area (TPSA) is 23.6 Å². The zero-order chi connectivity index (χ0) is 14.7. The number of hydrogen-bond donors (Lipinski definition) is 0. The standard InChI is InChI=1S/C17H24N2OS/c1-14(20)15-2-4-16(5-3-15)18-8-10-19(11-9-18)17-6-12-21-13-7-17/h2-5,17H,6-13H2,1H3. The quantitative estimate of drug-likeness (QED) is 0.801. The predicted molar refractivity (Wildman–Crippen MR) is 90.6 cm³/mol. The third kappa shape index (κ3) is 3.61. The van der Waals surface area contributed by atoms with Crippen molar-refractivity contribution < 1.29 is 4.79 Å². The second-order valence-electron chi connectivity index (χ2n) is 5.97. The molecule has 0 amide bonds. The predicted octanol–water partition coefficient (Wildman–Crippen LogP) is 2.91. The Labute approximate surface area is 131 Å². The van der Waals surface area contributed by atoms with Crippen LogP contribution in [0.3, 0.4) is 0 Å². The Bertz CT molecular complexity index is 474. The first-order valence-electron chi connectivity index (χ1n) is 7.92. The minimum Gasteiger partial charge on any atom is -0.369 e. The highest BCUT2D eigenvalue weighted by Crippen LogP contribution is 2.24. The maximum absolute atomic E-state index is 11.3. The number of thioether (sulfide) groups is 1. The number of piperazine rings is 1. The van der Waals surface area contributed by atoms with E-state index in [2.05, 4.69) is 33.7 Å². The van der Waals surface area contributed by atoms with E-state index in [0.29, 0.717) is 0 Å². The third-order valence-electron chi connectivity index (χ3n) is 4.66. The van der Waals surface area contributed by atoms with E-state index in [1.807, 2.05) is 12.1 Å². The van der Waals surface area contributed by atoms with Crippen molar-refractivity contribution in [2.45, 2.75) is 25.8 Å². The zero-order valence-electron chi connectivity index (χ0n) is 12.8. The van der Waals surface area contributed by atoms with Crippen LogP contribution < -0.4 is 4.90 Å². The number of ketones is 1. The normalized spacial score (nSPS) is 21.5. The van der Waals surface area contributed by atoms with Gasteiger partial charge in [0.1, 0.15) is 0 Å². The van der Waals surface area contributed by atoms with Crippen molar-refractivity contribution in [1.29, 1.82) is 0 Å². The highest BCUT2D eigenvalue weighted by atomic mass is 32.2. The van der Waals surface area contributed by atoms with Crippen LogP contribution in [0.15, 0.2) is 24.3 Å². The Morgan fingerprint density at radius 3 is 2.24 bits per heavy atom. The summed E-state index contributed by atoms with van der Waals surface area (Å²) in [5.41, 5.74) is 2.05. The molecule has 0 atom stereocenters. The maximum atomic E-state index is 11.3. The fraction of sp³-hybridized carbons (Fsp3) is 0.588. The van der Waals surface area contributed by atoms with Crippen molar-refractivity contribution in [3.8, 4) is 0 Å². The van der Waals surface area contributed by atoms with E-state index in [4.69, 9.17) is 0 Å². The van der Waals surface area contributed by atoms with Crippen molar-refractivity contribution in [3.05, 3.63) is 29.8 Å². The molecule has 0 unspecified atom stereocenters. The largest absolute Gasteiger partial charge is 0.369 e. The van der Waals surface area contributed by atoms with Crippen molar-refractivity contribution in [2.75, 3.05) is 42.6 Å². The summed E-state index contributed by atoms with van der Waals surface area (Å²) in [4.78, 5) is 16.5. The summed E-state index contributed by atoms with van der Waals surface area (Å²) in [7, 11) is 0. The molecule has 2 aliphatic heterocycles. The van der Waals surface area contributed by atoms with Gasteiger partial charge in [-0.15, -0.1) is 0 Å². The van der Waals surface area contributed by atoms with Gasteiger partial charge in [-0.1, -0.05) is 0 Å². The number of anilines is 1. The molecule has 21 heavy (non-hydrogen) atoms. The van der Waals surface area contributed by atoms with Gasteiger partial charge in [0.05, 0.1) is 0 Å². The lowest BCUT2D eigenvalue weighted by Crippen LogP contribution is -2.51. The van der Waals surface area contributed by atoms with Gasteiger partial charge in [0, 0.05) is 43.5 Å². The van der Waals surface area contributed by atoms with Crippen LogP contribution in [0.1, 0.15) is 30.1 Å². The van der Waals surface area contributed by atoms with Crippen LogP contribution in [0.25, 0.3) is 0 Å². The average Bonchev–Trinajstić information content (AvgIpc) is 2.56. The molecule has 2 fully saturated rings. The van der Waals surface area contributed by atoms with Gasteiger partial charge in [-0.05, 0) is 55.5 Å². The summed E-state index contributed by atoms with van der Waals surface area (Å²) in [6.45, 7) is 6.16. The van der Waals surface area contributed by atoms with Gasteiger partial charge in [0.25, 0.3) is 0 Å². The fourth-order valence-corrected chi connectivity index (χ4v) is 4.38. The molecule has 0 spiro atoms. The van der Waals surface area contributed by atoms with Crippen LogP contribution in [-0.4, -0.2) is 54.4 Å². The SMILES string of the molecule is CC(=O)c1ccc(N2CCN(C3CCSCC3)CC2)cc1. The molecule has 4 heteroatoms. The lowest BCUT2D eigenvalue weighted by molar-refractivity contribution is 0.101. The van der Waals surface area contributed by atoms with Gasteiger partial charge < -0.3 is 4.90 Å². The molecule has 2 aliphatic rings. The summed E-state index contributed by atoms with van der Waals surface area (Å²) in [5.74, 6) is 2.80. The minimum absolute atomic E-state index is 0.140. The second kappa shape index (κ2) is 6.84. The van der Waals surface area contributed by atoms with Crippen LogP contribution in [0.4, 0.5) is 5.69 Å². The van der Waals surface area contributed by atoms with Gasteiger partial charge in [-0.3, -0.25) is 9.69 Å². The number of rotatable bonds is 3. The van der Waals surface area contributed by atoms with Crippen molar-refractivity contribution in [3.63, 3.8) is 0 Å². The average molecular weight is 304 g/mol. The van der Waals surface area contributed by atoms with E-state index < -0.39 is 0 Å². The summed E-state index contributed by atoms with van der Waals surface area (Å²) in [5, 5.41) is 0. The van der Waals surface area contributed by atoms with E-state index in [1.165, 1.54) is 43.1 Å². The fourth-order valence-electron chi connectivity index (χ4n) is 3.30. The van der Waals surface area contributed by atoms with Gasteiger partial charge >= 0.3 is 0 Å². The molecule has 0 aromatic heterocycles. The Morgan fingerprint density at radius 2 is 1.67 bits per heavy atom. The number of Topliss-reactive ketones (excluding diaryl/α,β-unsaturated/α-hetero) is 1. The van der Waals surface area contributed by atoms with Crippen molar-refractivity contribution >= 4 is 23.2 Å². The monoisotopic (exact) mass is 304 g/mol. The first-order chi connectivity index (χ1) is 10.2. The number of carbonyl (C=O) groups excluding carboxylic acids is 1. The van der Waals surface area contributed by atoms with Crippen LogP contribution in [0.5, 0.6) is 0 Å². The molecule has 0 bridgehead atoms. The van der Waals surface area contributed by atoms with Crippen molar-refractivity contribution in [1.82, 2.24) is 4.90 Å². The van der Waals surface area contributed by atoms with Crippen LogP contribution in [-0.2, 0) is 0 Å². The Balaban J connectivity index is 1.56. The second-order valence-corrected chi connectivity index (χ2v) is 7.19. The third-order valence-corrected chi connectivity index (χ3v) is 5.71. The molecule has 0 radical (unpaired) electrons. The number of nitrogens with zero attached hydrogens (tertiary/aromatic N) is 2. The summed E-state index contributed by atoms with van der Waals surface area (Å²) in [6.07, 6.45) is 2.72. The molecule has 0 saturated carbocycles. The molecule has 3 rings (SSSR count). The van der Waals surface area contributed by atoms with Crippen molar-refractivity contribution in [2.24, 2.45) is 0 Å². The zero-order valence-corrected chi connectivity index (χ0v) is 13.6. The van der Waals surface area contributed by atoms with Gasteiger partial charge in [0.15, 0.2) is 5.78 Å². The Kier molecular flexibility index (Phi) is 4.86. The van der Waals surface area contributed by atoms with Crippen LogP contribution in [0, 0.1) is 0 Å². The van der Waals surface area contributed by atoms with E-state index in [9.17, 15) is 4.79 Å². The van der Waals surface area contributed by atoms with E-state index in [-0.39, 0.29) is 5.78 Å². The van der Waals surface area contributed by atoms with E-state index >= 15 is 0 Å². The highest BCUT2D eigenvalue weighted by molar-refractivity contribution is 7.99. The first kappa shape index (κ1) is 14.9.